The van der Waals surface area contributed by atoms with Crippen molar-refractivity contribution < 1.29 is 19.1 Å². The highest BCUT2D eigenvalue weighted by Gasteiger charge is 2.59. The molecule has 1 N–H and O–H groups in total. The molecule has 3 amide bonds. The number of nitrogens with one attached hydrogen (secondary N) is 1. The van der Waals surface area contributed by atoms with Crippen LogP contribution in [-0.2, 0) is 14.3 Å². The third-order valence-electron chi connectivity index (χ3n) is 6.35. The Balaban J connectivity index is 1.34. The minimum absolute atomic E-state index is 0.0706. The molecule has 1 aromatic carbocycles. The standard InChI is InChI=1S/C21H22N2O4/c24-19(22-11-16-5-2-8-27-16)14-3-1-4-15(10-14)23-20(25)17-12-6-7-13(9-12)18(17)21(23)26/h1,3-4,6-7,10,12-13,16-18H,2,5,8-9,11H2,(H,22,24)/t12-,13+,16-,17+,18-/m1/s1. The number of benzene rings is 1. The maximum Gasteiger partial charge on any atom is 0.251 e. The van der Waals surface area contributed by atoms with Crippen molar-refractivity contribution >= 4 is 23.4 Å². The Hall–Kier alpha value is -2.47. The lowest BCUT2D eigenvalue weighted by Gasteiger charge is -2.18. The van der Waals surface area contributed by atoms with Crippen LogP contribution in [-0.4, -0.2) is 37.0 Å². The average molecular weight is 366 g/mol. The molecule has 2 aliphatic heterocycles. The van der Waals surface area contributed by atoms with Crippen molar-refractivity contribution in [2.24, 2.45) is 23.7 Å². The van der Waals surface area contributed by atoms with Gasteiger partial charge in [-0.25, -0.2) is 4.90 Å². The zero-order chi connectivity index (χ0) is 18.5. The second-order valence-electron chi connectivity index (χ2n) is 7.91. The molecule has 0 aromatic heterocycles. The fourth-order valence-electron chi connectivity index (χ4n) is 5.06. The van der Waals surface area contributed by atoms with Crippen molar-refractivity contribution in [3.63, 3.8) is 0 Å². The minimum Gasteiger partial charge on any atom is -0.376 e. The number of allylic oxidation sites excluding steroid dienone is 2. The van der Waals surface area contributed by atoms with Crippen molar-refractivity contribution in [1.82, 2.24) is 5.32 Å². The van der Waals surface area contributed by atoms with Crippen LogP contribution in [0.5, 0.6) is 0 Å². The molecule has 2 saturated heterocycles. The van der Waals surface area contributed by atoms with Crippen molar-refractivity contribution in [3.05, 3.63) is 42.0 Å². The van der Waals surface area contributed by atoms with Gasteiger partial charge in [-0.2, -0.15) is 0 Å². The molecule has 4 aliphatic rings. The van der Waals surface area contributed by atoms with E-state index in [-0.39, 0.29) is 47.5 Å². The third-order valence-corrected chi connectivity index (χ3v) is 6.35. The van der Waals surface area contributed by atoms with Crippen molar-refractivity contribution in [2.75, 3.05) is 18.1 Å². The number of carbonyl (C=O) groups is 3. The lowest BCUT2D eigenvalue weighted by atomic mass is 9.85. The number of anilines is 1. The number of fused-ring (bicyclic) bond motifs is 5. The molecule has 0 spiro atoms. The van der Waals surface area contributed by atoms with E-state index in [4.69, 9.17) is 4.74 Å². The fraction of sp³-hybridized carbons (Fsp3) is 0.476. The number of hydrogen-bond donors (Lipinski definition) is 1. The topological polar surface area (TPSA) is 75.7 Å². The average Bonchev–Trinajstić information content (AvgIpc) is 3.45. The first-order chi connectivity index (χ1) is 13.1. The van der Waals surface area contributed by atoms with Crippen LogP contribution in [0, 0.1) is 23.7 Å². The van der Waals surface area contributed by atoms with E-state index in [9.17, 15) is 14.4 Å². The molecule has 2 heterocycles. The molecule has 27 heavy (non-hydrogen) atoms. The van der Waals surface area contributed by atoms with E-state index in [1.165, 1.54) is 4.90 Å². The molecule has 5 atom stereocenters. The van der Waals surface area contributed by atoms with Crippen molar-refractivity contribution in [3.8, 4) is 0 Å². The van der Waals surface area contributed by atoms with E-state index >= 15 is 0 Å². The quantitative estimate of drug-likeness (QED) is 0.652. The van der Waals surface area contributed by atoms with Crippen LogP contribution in [0.1, 0.15) is 29.6 Å². The summed E-state index contributed by atoms with van der Waals surface area (Å²) in [6, 6.07) is 6.78. The van der Waals surface area contributed by atoms with E-state index in [1.807, 2.05) is 0 Å². The first kappa shape index (κ1) is 16.7. The molecular weight excluding hydrogens is 344 g/mol. The molecule has 0 radical (unpaired) electrons. The number of ether oxygens (including phenoxy) is 1. The van der Waals surface area contributed by atoms with Gasteiger partial charge in [-0.3, -0.25) is 14.4 Å². The number of imide groups is 1. The van der Waals surface area contributed by atoms with Crippen molar-refractivity contribution in [2.45, 2.75) is 25.4 Å². The Kier molecular flexibility index (Phi) is 3.90. The summed E-state index contributed by atoms with van der Waals surface area (Å²) in [7, 11) is 0. The summed E-state index contributed by atoms with van der Waals surface area (Å²) in [5, 5.41) is 2.88. The van der Waals surface area contributed by atoms with Gasteiger partial charge in [-0.15, -0.1) is 0 Å². The summed E-state index contributed by atoms with van der Waals surface area (Å²) < 4.78 is 5.52. The van der Waals surface area contributed by atoms with Crippen molar-refractivity contribution in [1.29, 1.82) is 0 Å². The van der Waals surface area contributed by atoms with Gasteiger partial charge in [0.1, 0.15) is 0 Å². The van der Waals surface area contributed by atoms with Crippen LogP contribution >= 0.6 is 0 Å². The minimum atomic E-state index is -0.232. The first-order valence-corrected chi connectivity index (χ1v) is 9.69. The van der Waals surface area contributed by atoms with Crippen LogP contribution in [0.3, 0.4) is 0 Å². The number of hydrogen-bond acceptors (Lipinski definition) is 4. The highest BCUT2D eigenvalue weighted by molar-refractivity contribution is 6.23. The van der Waals surface area contributed by atoms with Gasteiger partial charge < -0.3 is 10.1 Å². The highest BCUT2D eigenvalue weighted by Crippen LogP contribution is 2.53. The largest absolute Gasteiger partial charge is 0.376 e. The Bertz CT molecular complexity index is 812. The molecule has 1 aromatic rings. The number of rotatable bonds is 4. The molecule has 2 bridgehead atoms. The maximum absolute atomic E-state index is 12.9. The van der Waals surface area contributed by atoms with Gasteiger partial charge in [0.05, 0.1) is 23.6 Å². The smallest absolute Gasteiger partial charge is 0.251 e. The van der Waals surface area contributed by atoms with Gasteiger partial charge >= 0.3 is 0 Å². The summed E-state index contributed by atoms with van der Waals surface area (Å²) in [5.74, 6) is -0.571. The number of amides is 3. The van der Waals surface area contributed by atoms with Gasteiger partial charge in [0.25, 0.3) is 5.91 Å². The second kappa shape index (κ2) is 6.30. The van der Waals surface area contributed by atoms with E-state index in [0.717, 1.165) is 25.9 Å². The van der Waals surface area contributed by atoms with E-state index in [1.54, 1.807) is 24.3 Å². The maximum atomic E-state index is 12.9. The normalized spacial score (nSPS) is 33.8. The number of carbonyl (C=O) groups excluding carboxylic acids is 3. The molecule has 2 aliphatic carbocycles. The van der Waals surface area contributed by atoms with Crippen LogP contribution < -0.4 is 10.2 Å². The summed E-state index contributed by atoms with van der Waals surface area (Å²) in [6.07, 6.45) is 7.11. The Labute approximate surface area is 157 Å². The predicted molar refractivity (Wildman–Crippen MR) is 98.0 cm³/mol. The summed E-state index contributed by atoms with van der Waals surface area (Å²) in [6.45, 7) is 1.22. The summed E-state index contributed by atoms with van der Waals surface area (Å²) >= 11 is 0. The molecule has 0 unspecified atom stereocenters. The summed E-state index contributed by atoms with van der Waals surface area (Å²) in [4.78, 5) is 39.6. The SMILES string of the molecule is O=C(NC[C@H]1CCCO1)c1cccc(N2C(=O)[C@@H]3[C@H](C2=O)[C@H]2C=C[C@@H]3C2)c1. The monoisotopic (exact) mass is 366 g/mol. The highest BCUT2D eigenvalue weighted by atomic mass is 16.5. The second-order valence-corrected chi connectivity index (χ2v) is 7.91. The predicted octanol–water partition coefficient (Wildman–Crippen LogP) is 1.91. The zero-order valence-corrected chi connectivity index (χ0v) is 15.0. The lowest BCUT2D eigenvalue weighted by molar-refractivity contribution is -0.123. The molecular formula is C21H22N2O4. The molecule has 140 valence electrons. The molecule has 6 heteroatoms. The van der Waals surface area contributed by atoms with Crippen LogP contribution in [0.2, 0.25) is 0 Å². The van der Waals surface area contributed by atoms with Gasteiger partial charge in [-0.1, -0.05) is 18.2 Å². The first-order valence-electron chi connectivity index (χ1n) is 9.69. The molecule has 6 nitrogen and oxygen atoms in total. The summed E-state index contributed by atoms with van der Waals surface area (Å²) in [5.41, 5.74) is 0.938. The van der Waals surface area contributed by atoms with Gasteiger partial charge in [0, 0.05) is 18.7 Å². The Morgan fingerprint density at radius 2 is 1.89 bits per heavy atom. The van der Waals surface area contributed by atoms with Gasteiger partial charge in [0.2, 0.25) is 11.8 Å². The molecule has 3 fully saturated rings. The van der Waals surface area contributed by atoms with E-state index < -0.39 is 0 Å². The van der Waals surface area contributed by atoms with Crippen LogP contribution in [0.25, 0.3) is 0 Å². The fourth-order valence-corrected chi connectivity index (χ4v) is 5.06. The van der Waals surface area contributed by atoms with E-state index in [0.29, 0.717) is 17.8 Å². The van der Waals surface area contributed by atoms with Crippen LogP contribution in [0.4, 0.5) is 5.69 Å². The van der Waals surface area contributed by atoms with E-state index in [2.05, 4.69) is 17.5 Å². The Morgan fingerprint density at radius 3 is 2.56 bits per heavy atom. The lowest BCUT2D eigenvalue weighted by Crippen LogP contribution is -2.34. The molecule has 1 saturated carbocycles. The zero-order valence-electron chi connectivity index (χ0n) is 15.0. The van der Waals surface area contributed by atoms with Crippen LogP contribution in [0.15, 0.2) is 36.4 Å². The number of nitrogens with zero attached hydrogens (tertiary/aromatic N) is 1. The third kappa shape index (κ3) is 2.62. The van der Waals surface area contributed by atoms with Gasteiger partial charge in [0.15, 0.2) is 0 Å². The Morgan fingerprint density at radius 1 is 1.15 bits per heavy atom. The van der Waals surface area contributed by atoms with Gasteiger partial charge in [-0.05, 0) is 49.3 Å². The molecule has 5 rings (SSSR count).